The van der Waals surface area contributed by atoms with Crippen LogP contribution in [0.25, 0.3) is 0 Å². The van der Waals surface area contributed by atoms with Gasteiger partial charge in [-0.15, -0.1) is 0 Å². The van der Waals surface area contributed by atoms with Crippen molar-refractivity contribution in [2.24, 2.45) is 0 Å². The third-order valence-corrected chi connectivity index (χ3v) is 4.63. The molecule has 0 spiro atoms. The van der Waals surface area contributed by atoms with Crippen LogP contribution < -0.4 is 5.73 Å². The molecule has 0 saturated heterocycles. The van der Waals surface area contributed by atoms with Gasteiger partial charge in [-0.05, 0) is 26.0 Å². The summed E-state index contributed by atoms with van der Waals surface area (Å²) in [4.78, 5) is -0.535. The van der Waals surface area contributed by atoms with Crippen molar-refractivity contribution in [2.75, 3.05) is 18.9 Å². The van der Waals surface area contributed by atoms with Crippen molar-refractivity contribution in [1.29, 1.82) is 0 Å². The van der Waals surface area contributed by atoms with Crippen LogP contribution in [0.4, 0.5) is 10.1 Å². The Morgan fingerprint density at radius 3 is 2.50 bits per heavy atom. The third-order valence-electron chi connectivity index (χ3n) is 2.46. The monoisotopic (exact) mass is 276 g/mol. The van der Waals surface area contributed by atoms with E-state index in [2.05, 4.69) is 0 Å². The number of hydrogen-bond acceptors (Lipinski definition) is 4. The molecule has 3 N–H and O–H groups in total. The lowest BCUT2D eigenvalue weighted by Crippen LogP contribution is -2.39. The zero-order valence-electron chi connectivity index (χ0n) is 10.3. The molecule has 0 unspecified atom stereocenters. The zero-order chi connectivity index (χ0) is 13.9. The lowest BCUT2D eigenvalue weighted by atomic mass is 10.3. The van der Waals surface area contributed by atoms with E-state index in [0.717, 1.165) is 10.4 Å². The van der Waals surface area contributed by atoms with Crippen molar-refractivity contribution in [1.82, 2.24) is 4.31 Å². The highest BCUT2D eigenvalue weighted by Crippen LogP contribution is 2.26. The Morgan fingerprint density at radius 1 is 1.44 bits per heavy atom. The SMILES string of the molecule is CC(C)N(CCO)S(=O)(=O)c1c(N)cccc1F. The highest BCUT2D eigenvalue weighted by Gasteiger charge is 2.30. The third kappa shape index (κ3) is 2.80. The van der Waals surface area contributed by atoms with Gasteiger partial charge in [0.1, 0.15) is 10.7 Å². The van der Waals surface area contributed by atoms with Crippen molar-refractivity contribution in [2.45, 2.75) is 24.8 Å². The number of sulfonamides is 1. The maximum Gasteiger partial charge on any atom is 0.248 e. The van der Waals surface area contributed by atoms with Crippen molar-refractivity contribution in [3.05, 3.63) is 24.0 Å². The van der Waals surface area contributed by atoms with Gasteiger partial charge in [0.05, 0.1) is 12.3 Å². The van der Waals surface area contributed by atoms with E-state index in [0.29, 0.717) is 0 Å². The molecule has 18 heavy (non-hydrogen) atoms. The number of nitrogens with two attached hydrogens (primary N) is 1. The summed E-state index contributed by atoms with van der Waals surface area (Å²) in [5.74, 6) is -0.890. The predicted molar refractivity (Wildman–Crippen MR) is 66.9 cm³/mol. The number of nitrogen functional groups attached to an aromatic ring is 1. The van der Waals surface area contributed by atoms with Gasteiger partial charge in [0, 0.05) is 12.6 Å². The van der Waals surface area contributed by atoms with E-state index in [9.17, 15) is 12.8 Å². The molecule has 0 saturated carbocycles. The van der Waals surface area contributed by atoms with Crippen LogP contribution in [0.15, 0.2) is 23.1 Å². The fraction of sp³-hybridized carbons (Fsp3) is 0.455. The minimum atomic E-state index is -4.05. The molecule has 0 heterocycles. The quantitative estimate of drug-likeness (QED) is 0.779. The Labute approximate surface area is 106 Å². The van der Waals surface area contributed by atoms with Crippen LogP contribution in [0.1, 0.15) is 13.8 Å². The Balaban J connectivity index is 3.36. The predicted octanol–water partition coefficient (Wildman–Crippen LogP) is 0.799. The average Bonchev–Trinajstić information content (AvgIpc) is 2.24. The van der Waals surface area contributed by atoms with Gasteiger partial charge in [-0.2, -0.15) is 4.31 Å². The van der Waals surface area contributed by atoms with Crippen molar-refractivity contribution in [3.63, 3.8) is 0 Å². The molecule has 5 nitrogen and oxygen atoms in total. The number of nitrogens with zero attached hydrogens (tertiary/aromatic N) is 1. The molecule has 0 aliphatic rings. The second-order valence-corrected chi connectivity index (χ2v) is 5.92. The minimum Gasteiger partial charge on any atom is -0.398 e. The molecule has 0 amide bonds. The van der Waals surface area contributed by atoms with Crippen LogP contribution in [-0.4, -0.2) is 37.0 Å². The van der Waals surface area contributed by atoms with Crippen LogP contribution in [0, 0.1) is 5.82 Å². The zero-order valence-corrected chi connectivity index (χ0v) is 11.1. The molecular formula is C11H17FN2O3S. The van der Waals surface area contributed by atoms with Crippen LogP contribution in [-0.2, 0) is 10.0 Å². The molecule has 1 rings (SSSR count). The number of aliphatic hydroxyl groups is 1. The van der Waals surface area contributed by atoms with Gasteiger partial charge >= 0.3 is 0 Å². The molecule has 0 radical (unpaired) electrons. The summed E-state index contributed by atoms with van der Waals surface area (Å²) in [7, 11) is -4.05. The van der Waals surface area contributed by atoms with Crippen molar-refractivity contribution < 1.29 is 17.9 Å². The molecule has 102 valence electrons. The highest BCUT2D eigenvalue weighted by molar-refractivity contribution is 7.89. The molecule has 0 aliphatic carbocycles. The molecule has 1 aromatic carbocycles. The highest BCUT2D eigenvalue weighted by atomic mass is 32.2. The summed E-state index contributed by atoms with van der Waals surface area (Å²) in [6, 6.07) is 3.31. The normalized spacial score (nSPS) is 12.3. The van der Waals surface area contributed by atoms with Crippen LogP contribution in [0.3, 0.4) is 0 Å². The van der Waals surface area contributed by atoms with Crippen LogP contribution >= 0.6 is 0 Å². The van der Waals surface area contributed by atoms with Gasteiger partial charge < -0.3 is 10.8 Å². The smallest absolute Gasteiger partial charge is 0.248 e. The van der Waals surface area contributed by atoms with Gasteiger partial charge in [0.25, 0.3) is 0 Å². The number of hydrogen-bond donors (Lipinski definition) is 2. The summed E-state index contributed by atoms with van der Waals surface area (Å²) in [6.45, 7) is 2.84. The van der Waals surface area contributed by atoms with Gasteiger partial charge in [-0.3, -0.25) is 0 Å². The molecule has 0 fully saturated rings. The first-order valence-electron chi connectivity index (χ1n) is 5.49. The van der Waals surface area contributed by atoms with Crippen molar-refractivity contribution in [3.8, 4) is 0 Å². The molecule has 0 bridgehead atoms. The molecule has 0 aromatic heterocycles. The number of rotatable bonds is 5. The molecule has 0 aliphatic heterocycles. The van der Waals surface area contributed by atoms with Crippen LogP contribution in [0.2, 0.25) is 0 Å². The second kappa shape index (κ2) is 5.64. The van der Waals surface area contributed by atoms with Gasteiger partial charge in [-0.25, -0.2) is 12.8 Å². The fourth-order valence-corrected chi connectivity index (χ4v) is 3.46. The first-order chi connectivity index (χ1) is 8.32. The Bertz CT molecular complexity index is 497. The van der Waals surface area contributed by atoms with Gasteiger partial charge in [0.15, 0.2) is 0 Å². The first kappa shape index (κ1) is 14.9. The number of halogens is 1. The standard InChI is InChI=1S/C11H17FN2O3S/c1-8(2)14(6-7-15)18(16,17)11-9(12)4-3-5-10(11)13/h3-5,8,15H,6-7,13H2,1-2H3. The maximum absolute atomic E-state index is 13.7. The van der Waals surface area contributed by atoms with E-state index < -0.39 is 26.8 Å². The second-order valence-electron chi connectivity index (χ2n) is 4.09. The summed E-state index contributed by atoms with van der Waals surface area (Å²) in [5.41, 5.74) is 5.39. The van der Waals surface area contributed by atoms with E-state index >= 15 is 0 Å². The summed E-state index contributed by atoms with van der Waals surface area (Å²) in [5, 5.41) is 8.90. The lowest BCUT2D eigenvalue weighted by Gasteiger charge is -2.25. The number of aliphatic hydroxyl groups excluding tert-OH is 1. The summed E-state index contributed by atoms with van der Waals surface area (Å²) in [6.07, 6.45) is 0. The lowest BCUT2D eigenvalue weighted by molar-refractivity contribution is 0.236. The van der Waals surface area contributed by atoms with Crippen molar-refractivity contribution >= 4 is 15.7 Å². The molecule has 0 atom stereocenters. The first-order valence-corrected chi connectivity index (χ1v) is 6.93. The van der Waals surface area contributed by atoms with E-state index in [4.69, 9.17) is 10.8 Å². The van der Waals surface area contributed by atoms with Gasteiger partial charge in [0.2, 0.25) is 10.0 Å². The maximum atomic E-state index is 13.7. The minimum absolute atomic E-state index is 0.103. The van der Waals surface area contributed by atoms with Crippen LogP contribution in [0.5, 0.6) is 0 Å². The van der Waals surface area contributed by atoms with Gasteiger partial charge in [-0.1, -0.05) is 6.07 Å². The number of anilines is 1. The summed E-state index contributed by atoms with van der Waals surface area (Å²) >= 11 is 0. The molecule has 1 aromatic rings. The Hall–Kier alpha value is -1.18. The summed E-state index contributed by atoms with van der Waals surface area (Å²) < 4.78 is 39.3. The number of benzene rings is 1. The van der Waals surface area contributed by atoms with E-state index in [1.165, 1.54) is 12.1 Å². The molecule has 7 heteroatoms. The Kier molecular flexibility index (Phi) is 4.66. The average molecular weight is 276 g/mol. The topological polar surface area (TPSA) is 83.6 Å². The largest absolute Gasteiger partial charge is 0.398 e. The van der Waals surface area contributed by atoms with E-state index in [-0.39, 0.29) is 18.8 Å². The van der Waals surface area contributed by atoms with E-state index in [1.807, 2.05) is 0 Å². The Morgan fingerprint density at radius 2 is 2.06 bits per heavy atom. The fourth-order valence-electron chi connectivity index (χ4n) is 1.67. The molecular weight excluding hydrogens is 259 g/mol. The van der Waals surface area contributed by atoms with E-state index in [1.54, 1.807) is 13.8 Å².